The molecule has 1 aliphatic rings. The van der Waals surface area contributed by atoms with Crippen LogP contribution in [0.1, 0.15) is 32.3 Å². The Labute approximate surface area is 159 Å². The Bertz CT molecular complexity index is 524. The molecule has 5 nitrogen and oxygen atoms in total. The highest BCUT2D eigenvalue weighted by atomic mass is 16.5. The molecule has 0 aromatic heterocycles. The van der Waals surface area contributed by atoms with Crippen molar-refractivity contribution in [3.8, 4) is 0 Å². The minimum absolute atomic E-state index is 0.395. The first-order valence-electron chi connectivity index (χ1n) is 9.99. The normalized spacial score (nSPS) is 17.6. The van der Waals surface area contributed by atoms with Crippen LogP contribution in [-0.2, 0) is 11.2 Å². The quantitative estimate of drug-likeness (QED) is 0.571. The Morgan fingerprint density at radius 1 is 1.23 bits per heavy atom. The molecule has 146 valence electrons. The Morgan fingerprint density at radius 3 is 2.50 bits per heavy atom. The van der Waals surface area contributed by atoms with E-state index in [1.165, 1.54) is 5.56 Å². The summed E-state index contributed by atoms with van der Waals surface area (Å²) in [5.74, 6) is 1.04. The van der Waals surface area contributed by atoms with Gasteiger partial charge in [0.1, 0.15) is 0 Å². The fourth-order valence-electron chi connectivity index (χ4n) is 3.38. The van der Waals surface area contributed by atoms with Gasteiger partial charge in [0.15, 0.2) is 5.96 Å². The highest BCUT2D eigenvalue weighted by Gasteiger charge is 2.22. The van der Waals surface area contributed by atoms with Gasteiger partial charge in [-0.05, 0) is 52.8 Å². The molecule has 2 rings (SSSR count). The molecule has 1 saturated heterocycles. The minimum Gasteiger partial charge on any atom is -0.378 e. The third-order valence-corrected chi connectivity index (χ3v) is 4.98. The number of likely N-dealkylation sites (N-methyl/N-ethyl adjacent to an activating group) is 1. The van der Waals surface area contributed by atoms with Crippen LogP contribution in [-0.4, -0.2) is 74.8 Å². The van der Waals surface area contributed by atoms with E-state index < -0.39 is 0 Å². The Hall–Kier alpha value is -1.59. The molecular weight excluding hydrogens is 324 g/mol. The number of hydrogen-bond donors (Lipinski definition) is 1. The number of hydrogen-bond acceptors (Lipinski definition) is 3. The van der Waals surface area contributed by atoms with E-state index in [9.17, 15) is 0 Å². The standard InChI is InChI=1S/C21H36N4O/c1-5-22-21(25-14-12-20(13-15-25)26-6-2)23-17-19(24(3)4)16-18-10-8-7-9-11-18/h7-11,19-20H,5-6,12-17H2,1-4H3,(H,22,23). The van der Waals surface area contributed by atoms with Crippen LogP contribution in [0.25, 0.3) is 0 Å². The molecule has 0 spiro atoms. The molecule has 1 heterocycles. The summed E-state index contributed by atoms with van der Waals surface area (Å²) in [7, 11) is 4.28. The van der Waals surface area contributed by atoms with Crippen molar-refractivity contribution < 1.29 is 4.74 Å². The molecule has 0 amide bonds. The number of rotatable bonds is 8. The maximum Gasteiger partial charge on any atom is 0.193 e. The van der Waals surface area contributed by atoms with E-state index in [1.54, 1.807) is 0 Å². The number of aliphatic imine (C=N–C) groups is 1. The monoisotopic (exact) mass is 360 g/mol. The van der Waals surface area contributed by atoms with Crippen molar-refractivity contribution in [1.29, 1.82) is 0 Å². The maximum absolute atomic E-state index is 5.77. The van der Waals surface area contributed by atoms with E-state index in [0.717, 1.165) is 58.0 Å². The summed E-state index contributed by atoms with van der Waals surface area (Å²) in [5, 5.41) is 3.47. The third-order valence-electron chi connectivity index (χ3n) is 4.98. The predicted octanol–water partition coefficient (Wildman–Crippen LogP) is 2.63. The predicted molar refractivity (Wildman–Crippen MR) is 110 cm³/mol. The van der Waals surface area contributed by atoms with E-state index in [4.69, 9.17) is 9.73 Å². The van der Waals surface area contributed by atoms with Gasteiger partial charge in [0, 0.05) is 32.3 Å². The van der Waals surface area contributed by atoms with Gasteiger partial charge in [-0.2, -0.15) is 0 Å². The van der Waals surface area contributed by atoms with Gasteiger partial charge in [0.25, 0.3) is 0 Å². The molecule has 5 heteroatoms. The Morgan fingerprint density at radius 2 is 1.92 bits per heavy atom. The molecule has 1 atom stereocenters. The average Bonchev–Trinajstić information content (AvgIpc) is 2.65. The lowest BCUT2D eigenvalue weighted by Crippen LogP contribution is -2.47. The molecule has 0 saturated carbocycles. The highest BCUT2D eigenvalue weighted by Crippen LogP contribution is 2.14. The van der Waals surface area contributed by atoms with Crippen LogP contribution in [0.4, 0.5) is 0 Å². The lowest BCUT2D eigenvalue weighted by molar-refractivity contribution is 0.0263. The van der Waals surface area contributed by atoms with Crippen molar-refractivity contribution in [3.63, 3.8) is 0 Å². The number of likely N-dealkylation sites (tertiary alicyclic amines) is 1. The number of ether oxygens (including phenoxy) is 1. The summed E-state index contributed by atoms with van der Waals surface area (Å²) >= 11 is 0. The number of nitrogens with one attached hydrogen (secondary N) is 1. The van der Waals surface area contributed by atoms with Gasteiger partial charge < -0.3 is 19.9 Å². The van der Waals surface area contributed by atoms with E-state index >= 15 is 0 Å². The molecule has 26 heavy (non-hydrogen) atoms. The van der Waals surface area contributed by atoms with Gasteiger partial charge in [0.05, 0.1) is 12.6 Å². The van der Waals surface area contributed by atoms with Crippen LogP contribution in [0, 0.1) is 0 Å². The second-order valence-corrected chi connectivity index (χ2v) is 7.14. The maximum atomic E-state index is 5.77. The SMILES string of the molecule is CCNC(=NCC(Cc1ccccc1)N(C)C)N1CCC(OCC)CC1. The zero-order valence-corrected chi connectivity index (χ0v) is 16.9. The van der Waals surface area contributed by atoms with Gasteiger partial charge >= 0.3 is 0 Å². The number of guanidine groups is 1. The summed E-state index contributed by atoms with van der Waals surface area (Å²) < 4.78 is 5.77. The van der Waals surface area contributed by atoms with Gasteiger partial charge in [0.2, 0.25) is 0 Å². The molecular formula is C21H36N4O. The molecule has 0 radical (unpaired) electrons. The Kier molecular flexibility index (Phi) is 8.92. The lowest BCUT2D eigenvalue weighted by Gasteiger charge is -2.34. The lowest BCUT2D eigenvalue weighted by atomic mass is 10.1. The second-order valence-electron chi connectivity index (χ2n) is 7.14. The molecule has 1 aromatic carbocycles. The zero-order valence-electron chi connectivity index (χ0n) is 16.9. The van der Waals surface area contributed by atoms with E-state index in [2.05, 4.69) is 73.4 Å². The molecule has 1 aromatic rings. The molecule has 1 N–H and O–H groups in total. The molecule has 0 aliphatic carbocycles. The van der Waals surface area contributed by atoms with Crippen LogP contribution in [0.2, 0.25) is 0 Å². The van der Waals surface area contributed by atoms with Gasteiger partial charge in [-0.25, -0.2) is 0 Å². The van der Waals surface area contributed by atoms with Crippen molar-refractivity contribution in [1.82, 2.24) is 15.1 Å². The van der Waals surface area contributed by atoms with Crippen LogP contribution >= 0.6 is 0 Å². The van der Waals surface area contributed by atoms with Crippen molar-refractivity contribution in [2.75, 3.05) is 46.9 Å². The molecule has 0 bridgehead atoms. The summed E-state index contributed by atoms with van der Waals surface area (Å²) in [6, 6.07) is 11.1. The van der Waals surface area contributed by atoms with Gasteiger partial charge in [-0.1, -0.05) is 30.3 Å². The third kappa shape index (κ3) is 6.61. The summed E-state index contributed by atoms with van der Waals surface area (Å²) in [4.78, 5) is 9.64. The smallest absolute Gasteiger partial charge is 0.193 e. The molecule has 1 fully saturated rings. The first-order valence-corrected chi connectivity index (χ1v) is 9.99. The molecule has 1 unspecified atom stereocenters. The van der Waals surface area contributed by atoms with E-state index in [-0.39, 0.29) is 0 Å². The molecule has 1 aliphatic heterocycles. The fourth-order valence-corrected chi connectivity index (χ4v) is 3.38. The number of piperidine rings is 1. The van der Waals surface area contributed by atoms with Crippen LogP contribution in [0.15, 0.2) is 35.3 Å². The summed E-state index contributed by atoms with van der Waals surface area (Å²) in [6.07, 6.45) is 3.59. The zero-order chi connectivity index (χ0) is 18.8. The van der Waals surface area contributed by atoms with Crippen LogP contribution < -0.4 is 5.32 Å². The minimum atomic E-state index is 0.395. The first-order chi connectivity index (χ1) is 12.6. The second kappa shape index (κ2) is 11.2. The summed E-state index contributed by atoms with van der Waals surface area (Å²) in [5.41, 5.74) is 1.36. The number of nitrogens with zero attached hydrogens (tertiary/aromatic N) is 3. The largest absolute Gasteiger partial charge is 0.378 e. The topological polar surface area (TPSA) is 40.1 Å². The highest BCUT2D eigenvalue weighted by molar-refractivity contribution is 5.80. The van der Waals surface area contributed by atoms with E-state index in [1.807, 2.05) is 0 Å². The van der Waals surface area contributed by atoms with Gasteiger partial charge in [-0.15, -0.1) is 0 Å². The van der Waals surface area contributed by atoms with Crippen molar-refractivity contribution >= 4 is 5.96 Å². The van der Waals surface area contributed by atoms with Crippen molar-refractivity contribution in [2.24, 2.45) is 4.99 Å². The van der Waals surface area contributed by atoms with Crippen LogP contribution in [0.3, 0.4) is 0 Å². The average molecular weight is 361 g/mol. The first kappa shape index (κ1) is 20.7. The van der Waals surface area contributed by atoms with E-state index in [0.29, 0.717) is 12.1 Å². The fraction of sp³-hybridized carbons (Fsp3) is 0.667. The number of benzene rings is 1. The van der Waals surface area contributed by atoms with Crippen LogP contribution in [0.5, 0.6) is 0 Å². The van der Waals surface area contributed by atoms with Crippen molar-refractivity contribution in [3.05, 3.63) is 35.9 Å². The van der Waals surface area contributed by atoms with Gasteiger partial charge in [-0.3, -0.25) is 4.99 Å². The Balaban J connectivity index is 1.97. The summed E-state index contributed by atoms with van der Waals surface area (Å²) in [6.45, 7) is 8.75. The van der Waals surface area contributed by atoms with Crippen molar-refractivity contribution in [2.45, 2.75) is 45.3 Å².